The standard InChI is InChI=1S/C28H31NO6S/c1-21-11-13-23(14-12-21)36(31,32)35-26(27-20-33-24-9-5-6-10-25(24)34-27)19-29-17-15-28(30,16-18-29)22-7-3-2-4-8-22/h2-14,26-27,30H,15-20H2,1H3. The van der Waals surface area contributed by atoms with Crippen LogP contribution in [0.15, 0.2) is 83.8 Å². The zero-order chi connectivity index (χ0) is 25.2. The molecule has 0 radical (unpaired) electrons. The first kappa shape index (κ1) is 24.8. The molecule has 1 N–H and O–H groups in total. The summed E-state index contributed by atoms with van der Waals surface area (Å²) < 4.78 is 44.2. The van der Waals surface area contributed by atoms with E-state index in [1.54, 1.807) is 30.3 Å². The normalized spacial score (nSPS) is 20.6. The average Bonchev–Trinajstić information content (AvgIpc) is 2.90. The van der Waals surface area contributed by atoms with Crippen LogP contribution in [0.3, 0.4) is 0 Å². The van der Waals surface area contributed by atoms with Crippen molar-refractivity contribution in [3.63, 3.8) is 0 Å². The highest BCUT2D eigenvalue weighted by atomic mass is 32.2. The van der Waals surface area contributed by atoms with Crippen molar-refractivity contribution < 1.29 is 27.2 Å². The molecular formula is C28H31NO6S. The molecule has 2 aliphatic heterocycles. The van der Waals surface area contributed by atoms with Crippen molar-refractivity contribution in [1.29, 1.82) is 0 Å². The molecule has 0 saturated carbocycles. The number of nitrogens with zero attached hydrogens (tertiary/aromatic N) is 1. The van der Waals surface area contributed by atoms with E-state index < -0.39 is 27.9 Å². The quantitative estimate of drug-likeness (QED) is 0.484. The molecule has 8 heteroatoms. The van der Waals surface area contributed by atoms with Crippen molar-refractivity contribution in [2.75, 3.05) is 26.2 Å². The van der Waals surface area contributed by atoms with Gasteiger partial charge in [-0.15, -0.1) is 0 Å². The van der Waals surface area contributed by atoms with Crippen LogP contribution >= 0.6 is 0 Å². The van der Waals surface area contributed by atoms with Gasteiger partial charge in [-0.05, 0) is 49.6 Å². The van der Waals surface area contributed by atoms with Crippen molar-refractivity contribution in [3.05, 3.63) is 90.0 Å². The molecule has 190 valence electrons. The molecule has 0 bridgehead atoms. The lowest BCUT2D eigenvalue weighted by Gasteiger charge is -2.40. The first-order valence-electron chi connectivity index (χ1n) is 12.2. The molecule has 2 atom stereocenters. The van der Waals surface area contributed by atoms with E-state index in [1.165, 1.54) is 0 Å². The summed E-state index contributed by atoms with van der Waals surface area (Å²) in [6.45, 7) is 3.59. The molecule has 7 nitrogen and oxygen atoms in total. The van der Waals surface area contributed by atoms with Gasteiger partial charge in [0.25, 0.3) is 10.1 Å². The highest BCUT2D eigenvalue weighted by molar-refractivity contribution is 7.86. The highest BCUT2D eigenvalue weighted by Crippen LogP contribution is 2.35. The van der Waals surface area contributed by atoms with Gasteiger partial charge in [0.05, 0.1) is 10.5 Å². The Morgan fingerprint density at radius 2 is 1.61 bits per heavy atom. The summed E-state index contributed by atoms with van der Waals surface area (Å²) in [5, 5.41) is 11.2. The molecule has 1 saturated heterocycles. The molecule has 3 aromatic rings. The van der Waals surface area contributed by atoms with Crippen LogP contribution in [-0.2, 0) is 19.9 Å². The SMILES string of the molecule is Cc1ccc(S(=O)(=O)OC(CN2CCC(O)(c3ccccc3)CC2)C2COc3ccccc3O2)cc1. The third-order valence-electron chi connectivity index (χ3n) is 6.94. The minimum Gasteiger partial charge on any atom is -0.486 e. The van der Waals surface area contributed by atoms with E-state index in [9.17, 15) is 13.5 Å². The Hall–Kier alpha value is -2.91. The van der Waals surface area contributed by atoms with Crippen molar-refractivity contribution in [3.8, 4) is 11.5 Å². The third kappa shape index (κ3) is 5.42. The van der Waals surface area contributed by atoms with Crippen LogP contribution < -0.4 is 9.47 Å². The van der Waals surface area contributed by atoms with Gasteiger partial charge < -0.3 is 19.5 Å². The fourth-order valence-corrected chi connectivity index (χ4v) is 5.84. The van der Waals surface area contributed by atoms with Crippen LogP contribution in [0.4, 0.5) is 0 Å². The number of hydrogen-bond acceptors (Lipinski definition) is 7. The number of fused-ring (bicyclic) bond motifs is 1. The van der Waals surface area contributed by atoms with E-state index in [0.29, 0.717) is 44.0 Å². The molecule has 1 fully saturated rings. The lowest BCUT2D eigenvalue weighted by atomic mass is 9.84. The zero-order valence-corrected chi connectivity index (χ0v) is 21.1. The average molecular weight is 510 g/mol. The number of aliphatic hydroxyl groups is 1. The zero-order valence-electron chi connectivity index (χ0n) is 20.2. The number of ether oxygens (including phenoxy) is 2. The summed E-state index contributed by atoms with van der Waals surface area (Å²) in [6, 6.07) is 23.6. The first-order valence-corrected chi connectivity index (χ1v) is 13.6. The number of piperidine rings is 1. The maximum atomic E-state index is 13.2. The summed E-state index contributed by atoms with van der Waals surface area (Å²) in [6.07, 6.45) is -0.332. The van der Waals surface area contributed by atoms with Crippen molar-refractivity contribution in [1.82, 2.24) is 4.90 Å². The maximum absolute atomic E-state index is 13.2. The van der Waals surface area contributed by atoms with Gasteiger partial charge in [0, 0.05) is 19.6 Å². The van der Waals surface area contributed by atoms with Crippen LogP contribution in [0.1, 0.15) is 24.0 Å². The fraction of sp³-hybridized carbons (Fsp3) is 0.357. The molecular weight excluding hydrogens is 478 g/mol. The van der Waals surface area contributed by atoms with Gasteiger partial charge in [-0.3, -0.25) is 4.18 Å². The van der Waals surface area contributed by atoms with Crippen molar-refractivity contribution >= 4 is 10.1 Å². The number of hydrogen-bond donors (Lipinski definition) is 1. The topological polar surface area (TPSA) is 85.3 Å². The molecule has 0 aliphatic carbocycles. The summed E-state index contributed by atoms with van der Waals surface area (Å²) in [4.78, 5) is 2.23. The Labute approximate surface area is 212 Å². The molecule has 3 aromatic carbocycles. The summed E-state index contributed by atoms with van der Waals surface area (Å²) in [7, 11) is -4.03. The lowest BCUT2D eigenvalue weighted by Crippen LogP contribution is -2.51. The summed E-state index contributed by atoms with van der Waals surface area (Å²) in [5.41, 5.74) is 0.969. The van der Waals surface area contributed by atoms with Crippen LogP contribution in [-0.4, -0.2) is 56.9 Å². The first-order chi connectivity index (χ1) is 17.3. The smallest absolute Gasteiger partial charge is 0.297 e. The Balaban J connectivity index is 1.34. The largest absolute Gasteiger partial charge is 0.486 e. The Bertz CT molecular complexity index is 1270. The Kier molecular flexibility index (Phi) is 7.03. The Morgan fingerprint density at radius 1 is 0.972 bits per heavy atom. The molecule has 0 spiro atoms. The van der Waals surface area contributed by atoms with Gasteiger partial charge in [0.15, 0.2) is 17.6 Å². The van der Waals surface area contributed by atoms with Crippen molar-refractivity contribution in [2.24, 2.45) is 0 Å². The molecule has 36 heavy (non-hydrogen) atoms. The minimum absolute atomic E-state index is 0.104. The Morgan fingerprint density at radius 3 is 2.31 bits per heavy atom. The van der Waals surface area contributed by atoms with E-state index in [-0.39, 0.29) is 11.5 Å². The third-order valence-corrected chi connectivity index (χ3v) is 8.29. The van der Waals surface area contributed by atoms with Gasteiger partial charge >= 0.3 is 0 Å². The molecule has 5 rings (SSSR count). The molecule has 2 heterocycles. The number of para-hydroxylation sites is 2. The van der Waals surface area contributed by atoms with E-state index in [1.807, 2.05) is 55.5 Å². The molecule has 2 unspecified atom stereocenters. The number of benzene rings is 3. The fourth-order valence-electron chi connectivity index (χ4n) is 4.75. The van der Waals surface area contributed by atoms with Gasteiger partial charge in [0.1, 0.15) is 12.7 Å². The van der Waals surface area contributed by atoms with E-state index in [4.69, 9.17) is 13.7 Å². The number of aryl methyl sites for hydroxylation is 1. The second-order valence-corrected chi connectivity index (χ2v) is 11.1. The van der Waals surface area contributed by atoms with Gasteiger partial charge in [0.2, 0.25) is 0 Å². The molecule has 0 aromatic heterocycles. The monoisotopic (exact) mass is 509 g/mol. The molecule has 2 aliphatic rings. The summed E-state index contributed by atoms with van der Waals surface area (Å²) >= 11 is 0. The lowest BCUT2D eigenvalue weighted by molar-refractivity contribution is -0.0491. The predicted octanol–water partition coefficient (Wildman–Crippen LogP) is 3.89. The maximum Gasteiger partial charge on any atom is 0.297 e. The molecule has 0 amide bonds. The second-order valence-electron chi connectivity index (χ2n) is 9.51. The van der Waals surface area contributed by atoms with Gasteiger partial charge in [-0.25, -0.2) is 0 Å². The van der Waals surface area contributed by atoms with Crippen molar-refractivity contribution in [2.45, 2.75) is 42.5 Å². The number of likely N-dealkylation sites (tertiary alicyclic amines) is 1. The number of rotatable bonds is 7. The van der Waals surface area contributed by atoms with Crippen LogP contribution in [0.5, 0.6) is 11.5 Å². The van der Waals surface area contributed by atoms with E-state index in [0.717, 1.165) is 11.1 Å². The second kappa shape index (κ2) is 10.2. The van der Waals surface area contributed by atoms with Gasteiger partial charge in [-0.2, -0.15) is 8.42 Å². The minimum atomic E-state index is -4.03. The summed E-state index contributed by atoms with van der Waals surface area (Å²) in [5.74, 6) is 1.19. The van der Waals surface area contributed by atoms with Crippen LogP contribution in [0.25, 0.3) is 0 Å². The van der Waals surface area contributed by atoms with Gasteiger partial charge in [-0.1, -0.05) is 60.2 Å². The van der Waals surface area contributed by atoms with E-state index in [2.05, 4.69) is 4.90 Å². The van der Waals surface area contributed by atoms with Crippen LogP contribution in [0, 0.1) is 6.92 Å². The highest BCUT2D eigenvalue weighted by Gasteiger charge is 2.39. The predicted molar refractivity (Wildman–Crippen MR) is 136 cm³/mol. The van der Waals surface area contributed by atoms with E-state index >= 15 is 0 Å². The van der Waals surface area contributed by atoms with Crippen LogP contribution in [0.2, 0.25) is 0 Å².